The van der Waals surface area contributed by atoms with Gasteiger partial charge in [-0.15, -0.1) is 10.2 Å². The number of rotatable bonds is 6. The zero-order valence-electron chi connectivity index (χ0n) is 12.4. The molecule has 1 aromatic heterocycles. The monoisotopic (exact) mass is 341 g/mol. The van der Waals surface area contributed by atoms with E-state index in [2.05, 4.69) is 14.9 Å². The number of thioether (sulfide) groups is 1. The molecule has 0 spiro atoms. The fourth-order valence-electron chi connectivity index (χ4n) is 1.79. The van der Waals surface area contributed by atoms with Crippen molar-refractivity contribution in [3.63, 3.8) is 0 Å². The van der Waals surface area contributed by atoms with Crippen molar-refractivity contribution in [1.82, 2.24) is 14.8 Å². The number of halogens is 1. The molecule has 0 saturated carbocycles. The Morgan fingerprint density at radius 1 is 1.45 bits per heavy atom. The lowest BCUT2D eigenvalue weighted by Crippen LogP contribution is -2.10. The molecule has 0 aliphatic carbocycles. The van der Waals surface area contributed by atoms with Crippen molar-refractivity contribution in [2.24, 2.45) is 7.05 Å². The minimum atomic E-state index is -0.308. The van der Waals surface area contributed by atoms with Crippen LogP contribution < -0.4 is 4.74 Å². The van der Waals surface area contributed by atoms with Crippen LogP contribution in [0.3, 0.4) is 0 Å². The van der Waals surface area contributed by atoms with Crippen LogP contribution in [0.15, 0.2) is 29.4 Å². The standard InChI is InChI=1S/C14H16ClN3O3S/c1-9(21-11-6-4-5-10(15)7-11)13-16-17-14(18(13)2)22-8-12(19)20-3/h4-7,9H,8H2,1-3H3/t9-/m1/s1. The van der Waals surface area contributed by atoms with E-state index in [1.807, 2.05) is 26.1 Å². The largest absolute Gasteiger partial charge is 0.483 e. The van der Waals surface area contributed by atoms with Gasteiger partial charge in [0.2, 0.25) is 0 Å². The molecule has 0 aliphatic rings. The van der Waals surface area contributed by atoms with E-state index < -0.39 is 0 Å². The second kappa shape index (κ2) is 7.51. The van der Waals surface area contributed by atoms with Crippen LogP contribution in [0, 0.1) is 0 Å². The Hall–Kier alpha value is -1.73. The van der Waals surface area contributed by atoms with E-state index in [0.29, 0.717) is 21.8 Å². The minimum Gasteiger partial charge on any atom is -0.483 e. The first-order valence-corrected chi connectivity index (χ1v) is 7.88. The average molecular weight is 342 g/mol. The number of nitrogens with zero attached hydrogens (tertiary/aromatic N) is 3. The number of benzene rings is 1. The summed E-state index contributed by atoms with van der Waals surface area (Å²) in [4.78, 5) is 11.2. The second-order valence-corrected chi connectivity index (χ2v) is 5.86. The molecule has 8 heteroatoms. The third-order valence-corrected chi connectivity index (χ3v) is 4.12. The van der Waals surface area contributed by atoms with Crippen LogP contribution in [0.4, 0.5) is 0 Å². The Kier molecular flexibility index (Phi) is 5.68. The van der Waals surface area contributed by atoms with Crippen LogP contribution >= 0.6 is 23.4 Å². The molecule has 0 N–H and O–H groups in total. The van der Waals surface area contributed by atoms with E-state index >= 15 is 0 Å². The molecule has 0 amide bonds. The maximum Gasteiger partial charge on any atom is 0.316 e. The molecule has 22 heavy (non-hydrogen) atoms. The summed E-state index contributed by atoms with van der Waals surface area (Å²) in [6.07, 6.45) is -0.302. The lowest BCUT2D eigenvalue weighted by Gasteiger charge is -2.14. The van der Waals surface area contributed by atoms with E-state index in [-0.39, 0.29) is 17.8 Å². The van der Waals surface area contributed by atoms with Gasteiger partial charge in [-0.2, -0.15) is 0 Å². The summed E-state index contributed by atoms with van der Waals surface area (Å²) >= 11 is 7.20. The highest BCUT2D eigenvalue weighted by atomic mass is 35.5. The minimum absolute atomic E-state index is 0.187. The number of aromatic nitrogens is 3. The average Bonchev–Trinajstić information content (AvgIpc) is 2.86. The number of methoxy groups -OCH3 is 1. The molecule has 0 unspecified atom stereocenters. The van der Waals surface area contributed by atoms with Gasteiger partial charge in [0.15, 0.2) is 17.1 Å². The summed E-state index contributed by atoms with van der Waals surface area (Å²) in [5.74, 6) is 1.20. The third kappa shape index (κ3) is 4.14. The lowest BCUT2D eigenvalue weighted by atomic mass is 10.3. The number of ether oxygens (including phenoxy) is 2. The van der Waals surface area contributed by atoms with Crippen LogP contribution in [-0.4, -0.2) is 33.6 Å². The van der Waals surface area contributed by atoms with Crippen molar-refractivity contribution >= 4 is 29.3 Å². The Bertz CT molecular complexity index is 663. The van der Waals surface area contributed by atoms with Crippen molar-refractivity contribution in [1.29, 1.82) is 0 Å². The van der Waals surface area contributed by atoms with Crippen LogP contribution in [-0.2, 0) is 16.6 Å². The summed E-state index contributed by atoms with van der Waals surface area (Å²) in [7, 11) is 3.18. The molecule has 0 fully saturated rings. The van der Waals surface area contributed by atoms with Crippen LogP contribution in [0.1, 0.15) is 18.9 Å². The van der Waals surface area contributed by atoms with Crippen molar-refractivity contribution in [2.45, 2.75) is 18.2 Å². The Morgan fingerprint density at radius 3 is 2.91 bits per heavy atom. The van der Waals surface area contributed by atoms with Crippen LogP contribution in [0.2, 0.25) is 5.02 Å². The normalized spacial score (nSPS) is 12.0. The van der Waals surface area contributed by atoms with E-state index in [1.54, 1.807) is 16.7 Å². The Morgan fingerprint density at radius 2 is 2.23 bits per heavy atom. The molecule has 1 aromatic carbocycles. The van der Waals surface area contributed by atoms with E-state index in [1.165, 1.54) is 18.9 Å². The third-order valence-electron chi connectivity index (χ3n) is 2.89. The van der Waals surface area contributed by atoms with Gasteiger partial charge in [-0.1, -0.05) is 29.4 Å². The SMILES string of the molecule is COC(=O)CSc1nnc([C@@H](C)Oc2cccc(Cl)c2)n1C. The molecule has 2 rings (SSSR count). The summed E-state index contributed by atoms with van der Waals surface area (Å²) in [5, 5.41) is 9.42. The Balaban J connectivity index is 2.05. The molecule has 0 saturated heterocycles. The highest BCUT2D eigenvalue weighted by Gasteiger charge is 2.18. The summed E-state index contributed by atoms with van der Waals surface area (Å²) in [6, 6.07) is 7.16. The smallest absolute Gasteiger partial charge is 0.316 e. The van der Waals surface area contributed by atoms with Crippen molar-refractivity contribution in [3.05, 3.63) is 35.1 Å². The second-order valence-electron chi connectivity index (χ2n) is 4.48. The summed E-state index contributed by atoms with van der Waals surface area (Å²) in [5.41, 5.74) is 0. The first-order valence-electron chi connectivity index (χ1n) is 6.52. The molecule has 0 aliphatic heterocycles. The van der Waals surface area contributed by atoms with Gasteiger partial charge in [-0.3, -0.25) is 4.79 Å². The van der Waals surface area contributed by atoms with Crippen LogP contribution in [0.25, 0.3) is 0 Å². The van der Waals surface area contributed by atoms with Gasteiger partial charge in [-0.05, 0) is 25.1 Å². The van der Waals surface area contributed by atoms with E-state index in [4.69, 9.17) is 16.3 Å². The Labute approximate surface area is 137 Å². The maximum atomic E-state index is 11.2. The highest BCUT2D eigenvalue weighted by Crippen LogP contribution is 2.25. The fraction of sp³-hybridized carbons (Fsp3) is 0.357. The fourth-order valence-corrected chi connectivity index (χ4v) is 2.72. The zero-order chi connectivity index (χ0) is 16.1. The van der Waals surface area contributed by atoms with Gasteiger partial charge in [0.25, 0.3) is 0 Å². The molecule has 2 aromatic rings. The highest BCUT2D eigenvalue weighted by molar-refractivity contribution is 7.99. The van der Waals surface area contributed by atoms with Crippen molar-refractivity contribution in [2.75, 3.05) is 12.9 Å². The molecular formula is C14H16ClN3O3S. The number of carbonyl (C=O) groups is 1. The molecule has 118 valence electrons. The number of esters is 1. The van der Waals surface area contributed by atoms with Gasteiger partial charge in [0, 0.05) is 12.1 Å². The predicted octanol–water partition coefficient (Wildman–Crippen LogP) is 2.87. The first kappa shape index (κ1) is 16.6. The topological polar surface area (TPSA) is 66.2 Å². The molecule has 0 bridgehead atoms. The lowest BCUT2D eigenvalue weighted by molar-refractivity contribution is -0.137. The van der Waals surface area contributed by atoms with Gasteiger partial charge in [-0.25, -0.2) is 0 Å². The summed E-state index contributed by atoms with van der Waals surface area (Å²) in [6.45, 7) is 1.87. The molecule has 0 radical (unpaired) electrons. The van der Waals surface area contributed by atoms with Crippen molar-refractivity contribution < 1.29 is 14.3 Å². The number of carbonyl (C=O) groups excluding carboxylic acids is 1. The number of hydrogen-bond acceptors (Lipinski definition) is 6. The van der Waals surface area contributed by atoms with E-state index in [0.717, 1.165) is 0 Å². The van der Waals surface area contributed by atoms with E-state index in [9.17, 15) is 4.79 Å². The van der Waals surface area contributed by atoms with Gasteiger partial charge >= 0.3 is 5.97 Å². The summed E-state index contributed by atoms with van der Waals surface area (Å²) < 4.78 is 12.2. The first-order chi connectivity index (χ1) is 10.5. The quantitative estimate of drug-likeness (QED) is 0.594. The maximum absolute atomic E-state index is 11.2. The van der Waals surface area contributed by atoms with Gasteiger partial charge < -0.3 is 14.0 Å². The van der Waals surface area contributed by atoms with Gasteiger partial charge in [0.1, 0.15) is 5.75 Å². The van der Waals surface area contributed by atoms with Crippen molar-refractivity contribution in [3.8, 4) is 5.75 Å². The number of hydrogen-bond donors (Lipinski definition) is 0. The van der Waals surface area contributed by atoms with Crippen LogP contribution in [0.5, 0.6) is 5.75 Å². The zero-order valence-corrected chi connectivity index (χ0v) is 14.0. The predicted molar refractivity (Wildman–Crippen MR) is 84.2 cm³/mol. The van der Waals surface area contributed by atoms with Gasteiger partial charge in [0.05, 0.1) is 12.9 Å². The molecule has 1 atom stereocenters. The molecule has 6 nitrogen and oxygen atoms in total. The molecular weight excluding hydrogens is 326 g/mol. The molecule has 1 heterocycles.